The summed E-state index contributed by atoms with van der Waals surface area (Å²) in [4.78, 5) is 29.5. The lowest BCUT2D eigenvalue weighted by Crippen LogP contribution is -2.64. The maximum Gasteiger partial charge on any atom is 0.241 e. The lowest BCUT2D eigenvalue weighted by molar-refractivity contribution is -0.124. The second-order valence-electron chi connectivity index (χ2n) is 10.6. The summed E-state index contributed by atoms with van der Waals surface area (Å²) in [6.07, 6.45) is -0.960. The summed E-state index contributed by atoms with van der Waals surface area (Å²) >= 11 is 6.31. The number of carbonyl (C=O) groups is 2. The number of amides is 2. The van der Waals surface area contributed by atoms with E-state index >= 15 is 0 Å². The third-order valence-corrected chi connectivity index (χ3v) is 7.24. The highest BCUT2D eigenvalue weighted by molar-refractivity contribution is 6.33. The van der Waals surface area contributed by atoms with E-state index < -0.39 is 41.1 Å². The SMILES string of the molecule is CC(C)[C@H](C[C@H](O)[C@@H](N)CN1CC(=O)N(c2ccccc2Cl)CC1(C)C)C(=O)Nc1ccc(F)c(F)c1. The Labute approximate surface area is 221 Å². The first kappa shape index (κ1) is 29.0. The Morgan fingerprint density at radius 3 is 2.49 bits per heavy atom. The Balaban J connectivity index is 1.64. The van der Waals surface area contributed by atoms with E-state index in [1.165, 1.54) is 6.07 Å². The fraction of sp³-hybridized carbons (Fsp3) is 0.481. The first-order valence-corrected chi connectivity index (χ1v) is 12.7. The molecule has 4 N–H and O–H groups in total. The summed E-state index contributed by atoms with van der Waals surface area (Å²) in [5, 5.41) is 14.0. The number of nitrogens with zero attached hydrogens (tertiary/aromatic N) is 2. The van der Waals surface area contributed by atoms with E-state index in [1.807, 2.05) is 38.7 Å². The van der Waals surface area contributed by atoms with Crippen molar-refractivity contribution in [3.8, 4) is 0 Å². The molecule has 1 aliphatic rings. The van der Waals surface area contributed by atoms with Crippen LogP contribution in [0.15, 0.2) is 42.5 Å². The third kappa shape index (κ3) is 7.04. The van der Waals surface area contributed by atoms with Gasteiger partial charge in [0.15, 0.2) is 11.6 Å². The molecular formula is C27H35ClF2N4O3. The molecule has 37 heavy (non-hydrogen) atoms. The molecule has 2 aromatic rings. The van der Waals surface area contributed by atoms with Crippen LogP contribution in [0.5, 0.6) is 0 Å². The van der Waals surface area contributed by atoms with Crippen LogP contribution in [0.3, 0.4) is 0 Å². The predicted molar refractivity (Wildman–Crippen MR) is 141 cm³/mol. The van der Waals surface area contributed by atoms with Gasteiger partial charge in [-0.2, -0.15) is 0 Å². The number of nitrogens with two attached hydrogens (primary N) is 1. The molecule has 0 radical (unpaired) electrons. The Morgan fingerprint density at radius 1 is 1.19 bits per heavy atom. The van der Waals surface area contributed by atoms with Crippen LogP contribution in [-0.2, 0) is 9.59 Å². The van der Waals surface area contributed by atoms with Crippen molar-refractivity contribution in [1.82, 2.24) is 4.90 Å². The molecule has 10 heteroatoms. The summed E-state index contributed by atoms with van der Waals surface area (Å²) in [5.41, 5.74) is 6.69. The maximum absolute atomic E-state index is 13.5. The van der Waals surface area contributed by atoms with Crippen molar-refractivity contribution in [2.75, 3.05) is 29.9 Å². The zero-order valence-corrected chi connectivity index (χ0v) is 22.3. The van der Waals surface area contributed by atoms with Gasteiger partial charge < -0.3 is 21.1 Å². The monoisotopic (exact) mass is 536 g/mol. The number of piperazine rings is 1. The van der Waals surface area contributed by atoms with Crippen molar-refractivity contribution in [1.29, 1.82) is 0 Å². The average molecular weight is 537 g/mol. The number of hydrogen-bond acceptors (Lipinski definition) is 5. The molecule has 0 spiro atoms. The van der Waals surface area contributed by atoms with Gasteiger partial charge in [0.1, 0.15) is 0 Å². The molecule has 0 aliphatic carbocycles. The van der Waals surface area contributed by atoms with Crippen LogP contribution in [0.4, 0.5) is 20.2 Å². The lowest BCUT2D eigenvalue weighted by atomic mass is 9.86. The van der Waals surface area contributed by atoms with E-state index in [4.69, 9.17) is 17.3 Å². The molecule has 0 aromatic heterocycles. The largest absolute Gasteiger partial charge is 0.391 e. The lowest BCUT2D eigenvalue weighted by Gasteiger charge is -2.47. The predicted octanol–water partition coefficient (Wildman–Crippen LogP) is 4.03. The van der Waals surface area contributed by atoms with E-state index in [1.54, 1.807) is 23.1 Å². The molecule has 1 fully saturated rings. The van der Waals surface area contributed by atoms with E-state index in [0.717, 1.165) is 12.1 Å². The Morgan fingerprint density at radius 2 is 1.86 bits per heavy atom. The van der Waals surface area contributed by atoms with E-state index in [2.05, 4.69) is 5.32 Å². The first-order valence-electron chi connectivity index (χ1n) is 12.3. The van der Waals surface area contributed by atoms with Gasteiger partial charge in [0.25, 0.3) is 0 Å². The third-order valence-electron chi connectivity index (χ3n) is 6.92. The Kier molecular flexibility index (Phi) is 9.28. The van der Waals surface area contributed by atoms with Crippen LogP contribution in [0.1, 0.15) is 34.1 Å². The van der Waals surface area contributed by atoms with Gasteiger partial charge in [-0.3, -0.25) is 14.5 Å². The van der Waals surface area contributed by atoms with Crippen molar-refractivity contribution in [2.24, 2.45) is 17.6 Å². The number of carbonyl (C=O) groups excluding carboxylic acids is 2. The zero-order valence-electron chi connectivity index (χ0n) is 21.5. The molecule has 1 aliphatic heterocycles. The van der Waals surface area contributed by atoms with Crippen LogP contribution < -0.4 is 16.0 Å². The summed E-state index contributed by atoms with van der Waals surface area (Å²) in [6.45, 7) is 8.40. The topological polar surface area (TPSA) is 98.9 Å². The molecular weight excluding hydrogens is 502 g/mol. The van der Waals surface area contributed by atoms with Crippen LogP contribution in [-0.4, -0.2) is 59.1 Å². The number of anilines is 2. The molecule has 2 amide bonds. The van der Waals surface area contributed by atoms with Gasteiger partial charge in [-0.15, -0.1) is 0 Å². The van der Waals surface area contributed by atoms with Gasteiger partial charge in [0.05, 0.1) is 23.4 Å². The number of aliphatic hydroxyl groups excluding tert-OH is 1. The normalized spacial score (nSPS) is 18.5. The quantitative estimate of drug-likeness (QED) is 0.449. The van der Waals surface area contributed by atoms with Gasteiger partial charge >= 0.3 is 0 Å². The second-order valence-corrected chi connectivity index (χ2v) is 11.0. The molecule has 7 nitrogen and oxygen atoms in total. The molecule has 0 unspecified atom stereocenters. The molecule has 1 saturated heterocycles. The van der Waals surface area contributed by atoms with Gasteiger partial charge in [-0.05, 0) is 50.5 Å². The highest BCUT2D eigenvalue weighted by atomic mass is 35.5. The minimum Gasteiger partial charge on any atom is -0.391 e. The van der Waals surface area contributed by atoms with E-state index in [9.17, 15) is 23.5 Å². The van der Waals surface area contributed by atoms with Crippen LogP contribution in [0.25, 0.3) is 0 Å². The highest BCUT2D eigenvalue weighted by Crippen LogP contribution is 2.31. The van der Waals surface area contributed by atoms with Gasteiger partial charge in [-0.25, -0.2) is 8.78 Å². The zero-order chi connectivity index (χ0) is 27.5. The smallest absolute Gasteiger partial charge is 0.241 e. The fourth-order valence-electron chi connectivity index (χ4n) is 4.54. The molecule has 0 bridgehead atoms. The molecule has 1 heterocycles. The number of benzene rings is 2. The minimum atomic E-state index is -1.06. The fourth-order valence-corrected chi connectivity index (χ4v) is 4.78. The summed E-state index contributed by atoms with van der Waals surface area (Å²) < 4.78 is 26.7. The number of halogens is 3. The van der Waals surface area contributed by atoms with Gasteiger partial charge in [-0.1, -0.05) is 37.6 Å². The van der Waals surface area contributed by atoms with Crippen molar-refractivity contribution < 1.29 is 23.5 Å². The number of aliphatic hydroxyl groups is 1. The highest BCUT2D eigenvalue weighted by Gasteiger charge is 2.40. The standard InChI is InChI=1S/C27H35ClF2N4O3/c1-16(2)18(26(37)32-17-9-10-20(29)21(30)11-17)12-24(35)22(31)13-33-14-25(36)34(15-27(33,3)4)23-8-6-5-7-19(23)28/h5-11,16,18,22,24,35H,12-15,31H2,1-4H3,(H,32,37)/t18-,22-,24-/m0/s1. The van der Waals surface area contributed by atoms with E-state index in [-0.39, 0.29) is 37.0 Å². The van der Waals surface area contributed by atoms with Crippen LogP contribution in [0.2, 0.25) is 5.02 Å². The van der Waals surface area contributed by atoms with Crippen LogP contribution in [0, 0.1) is 23.5 Å². The van der Waals surface area contributed by atoms with E-state index in [0.29, 0.717) is 17.3 Å². The van der Waals surface area contributed by atoms with Crippen molar-refractivity contribution in [3.63, 3.8) is 0 Å². The Hall–Kier alpha value is -2.59. The summed E-state index contributed by atoms with van der Waals surface area (Å²) in [5.74, 6) is -3.39. The Bertz CT molecular complexity index is 1130. The molecule has 2 aromatic carbocycles. The average Bonchev–Trinajstić information content (AvgIpc) is 2.82. The first-order chi connectivity index (χ1) is 17.3. The van der Waals surface area contributed by atoms with Gasteiger partial charge in [0.2, 0.25) is 11.8 Å². The minimum absolute atomic E-state index is 0.0717. The van der Waals surface area contributed by atoms with Crippen molar-refractivity contribution in [3.05, 3.63) is 59.1 Å². The maximum atomic E-state index is 13.5. The van der Waals surface area contributed by atoms with Crippen molar-refractivity contribution >= 4 is 34.8 Å². The molecule has 202 valence electrons. The number of para-hydroxylation sites is 1. The van der Waals surface area contributed by atoms with Crippen molar-refractivity contribution in [2.45, 2.75) is 51.8 Å². The molecule has 3 rings (SSSR count). The molecule has 3 atom stereocenters. The summed E-state index contributed by atoms with van der Waals surface area (Å²) in [7, 11) is 0. The second kappa shape index (κ2) is 11.9. The molecule has 0 saturated carbocycles. The van der Waals surface area contributed by atoms with Crippen LogP contribution >= 0.6 is 11.6 Å². The summed E-state index contributed by atoms with van der Waals surface area (Å²) in [6, 6.07) is 9.58. The number of hydrogen-bond donors (Lipinski definition) is 3. The number of nitrogens with one attached hydrogen (secondary N) is 1. The van der Waals surface area contributed by atoms with Gasteiger partial charge in [0, 0.05) is 42.3 Å². The number of rotatable bonds is 9.